The van der Waals surface area contributed by atoms with Gasteiger partial charge in [0.05, 0.1) is 17.0 Å². The molecule has 2 heterocycles. The molecule has 0 aliphatic carbocycles. The highest BCUT2D eigenvalue weighted by Crippen LogP contribution is 2.17. The molecule has 8 heteroatoms. The topological polar surface area (TPSA) is 84.8 Å². The van der Waals surface area contributed by atoms with Crippen LogP contribution in [0.15, 0.2) is 23.4 Å². The Morgan fingerprint density at radius 1 is 1.44 bits per heavy atom. The Bertz CT molecular complexity index is 715. The van der Waals surface area contributed by atoms with E-state index in [0.29, 0.717) is 11.3 Å². The highest BCUT2D eigenvalue weighted by Gasteiger charge is 2.19. The third-order valence-corrected chi connectivity index (χ3v) is 3.69. The van der Waals surface area contributed by atoms with Crippen LogP contribution in [-0.2, 0) is 16.1 Å². The average molecular weight is 288 g/mol. The minimum absolute atomic E-state index is 0.158. The van der Waals surface area contributed by atoms with E-state index in [4.69, 9.17) is 10.7 Å². The standard InChI is InChI=1S/C10H10ClN3O3S/c1-6-7(5-14(2)13-6)10(15)8-3-4-9(12-8)18(11,16)17/h3-5,12H,1-2H3. The third kappa shape index (κ3) is 2.32. The maximum absolute atomic E-state index is 12.1. The van der Waals surface area contributed by atoms with Crippen molar-refractivity contribution in [1.82, 2.24) is 14.8 Å². The zero-order chi connectivity index (χ0) is 13.5. The smallest absolute Gasteiger partial charge is 0.276 e. The number of hydrogen-bond acceptors (Lipinski definition) is 4. The van der Waals surface area contributed by atoms with Crippen molar-refractivity contribution in [3.63, 3.8) is 0 Å². The highest BCUT2D eigenvalue weighted by molar-refractivity contribution is 8.13. The SMILES string of the molecule is Cc1nn(C)cc1C(=O)c1ccc(S(=O)(=O)Cl)[nH]1. The number of hydrogen-bond donors (Lipinski definition) is 1. The Morgan fingerprint density at radius 3 is 2.56 bits per heavy atom. The van der Waals surface area contributed by atoms with Gasteiger partial charge in [-0.2, -0.15) is 5.10 Å². The van der Waals surface area contributed by atoms with E-state index in [9.17, 15) is 13.2 Å². The summed E-state index contributed by atoms with van der Waals surface area (Å²) in [6.07, 6.45) is 1.58. The summed E-state index contributed by atoms with van der Waals surface area (Å²) in [6.45, 7) is 1.70. The summed E-state index contributed by atoms with van der Waals surface area (Å²) in [7, 11) is 3.01. The quantitative estimate of drug-likeness (QED) is 0.679. The molecule has 0 fully saturated rings. The van der Waals surface area contributed by atoms with Gasteiger partial charge in [0.1, 0.15) is 5.03 Å². The van der Waals surface area contributed by atoms with Crippen molar-refractivity contribution >= 4 is 25.5 Å². The lowest BCUT2D eigenvalue weighted by Gasteiger charge is -1.95. The molecule has 0 saturated carbocycles. The van der Waals surface area contributed by atoms with Gasteiger partial charge >= 0.3 is 0 Å². The van der Waals surface area contributed by atoms with Crippen molar-refractivity contribution in [1.29, 1.82) is 0 Å². The molecule has 0 aromatic carbocycles. The first-order valence-electron chi connectivity index (χ1n) is 4.97. The first-order chi connectivity index (χ1) is 8.29. The molecule has 6 nitrogen and oxygen atoms in total. The second-order valence-electron chi connectivity index (χ2n) is 3.81. The number of ketones is 1. The van der Waals surface area contributed by atoms with E-state index >= 15 is 0 Å². The van der Waals surface area contributed by atoms with Crippen LogP contribution in [0, 0.1) is 6.92 Å². The van der Waals surface area contributed by atoms with Crippen LogP contribution in [-0.4, -0.2) is 29.0 Å². The first-order valence-corrected chi connectivity index (χ1v) is 7.28. The van der Waals surface area contributed by atoms with Crippen LogP contribution in [0.3, 0.4) is 0 Å². The molecule has 0 saturated heterocycles. The molecule has 1 N–H and O–H groups in total. The Hall–Kier alpha value is -1.60. The Morgan fingerprint density at radius 2 is 2.11 bits per heavy atom. The Labute approximate surface area is 108 Å². The second-order valence-corrected chi connectivity index (χ2v) is 6.34. The number of carbonyl (C=O) groups is 1. The fourth-order valence-corrected chi connectivity index (χ4v) is 2.35. The summed E-state index contributed by atoms with van der Waals surface area (Å²) in [5.74, 6) is -0.327. The lowest BCUT2D eigenvalue weighted by Crippen LogP contribution is -2.03. The summed E-state index contributed by atoms with van der Waals surface area (Å²) >= 11 is 0. The molecule has 0 aliphatic heterocycles. The van der Waals surface area contributed by atoms with Crippen LogP contribution in [0.2, 0.25) is 0 Å². The van der Waals surface area contributed by atoms with Gasteiger partial charge in [-0.05, 0) is 19.1 Å². The van der Waals surface area contributed by atoms with E-state index in [1.165, 1.54) is 16.8 Å². The van der Waals surface area contributed by atoms with Crippen LogP contribution in [0.4, 0.5) is 0 Å². The van der Waals surface area contributed by atoms with Gasteiger partial charge < -0.3 is 4.98 Å². The first kappa shape index (κ1) is 12.8. The van der Waals surface area contributed by atoms with E-state index in [1.807, 2.05) is 0 Å². The molecule has 0 amide bonds. The fraction of sp³-hybridized carbons (Fsp3) is 0.200. The number of nitrogens with zero attached hydrogens (tertiary/aromatic N) is 2. The van der Waals surface area contributed by atoms with Crippen molar-refractivity contribution in [3.05, 3.63) is 35.3 Å². The minimum atomic E-state index is -3.86. The molecular formula is C10H10ClN3O3S. The van der Waals surface area contributed by atoms with Gasteiger partial charge in [0.25, 0.3) is 9.05 Å². The van der Waals surface area contributed by atoms with E-state index in [0.717, 1.165) is 0 Å². The molecule has 2 aromatic heterocycles. The minimum Gasteiger partial charge on any atom is -0.342 e. The molecule has 96 valence electrons. The van der Waals surface area contributed by atoms with E-state index in [-0.39, 0.29) is 16.5 Å². The summed E-state index contributed by atoms with van der Waals surface area (Å²) in [5.41, 5.74) is 1.15. The fourth-order valence-electron chi connectivity index (χ4n) is 1.62. The van der Waals surface area contributed by atoms with Gasteiger partial charge in [-0.3, -0.25) is 9.48 Å². The number of H-pyrrole nitrogens is 1. The number of aromatic amines is 1. The van der Waals surface area contributed by atoms with Crippen molar-refractivity contribution in [2.75, 3.05) is 0 Å². The average Bonchev–Trinajstić information content (AvgIpc) is 2.83. The molecule has 18 heavy (non-hydrogen) atoms. The van der Waals surface area contributed by atoms with Crippen molar-refractivity contribution in [3.8, 4) is 0 Å². The summed E-state index contributed by atoms with van der Waals surface area (Å²) in [5, 5.41) is 3.85. The number of aromatic nitrogens is 3. The summed E-state index contributed by atoms with van der Waals surface area (Å²) in [4.78, 5) is 14.6. The van der Waals surface area contributed by atoms with Crippen molar-refractivity contribution in [2.24, 2.45) is 7.05 Å². The highest BCUT2D eigenvalue weighted by atomic mass is 35.7. The van der Waals surface area contributed by atoms with E-state index in [2.05, 4.69) is 10.1 Å². The normalized spacial score (nSPS) is 11.7. The van der Waals surface area contributed by atoms with Crippen molar-refractivity contribution < 1.29 is 13.2 Å². The molecule has 0 spiro atoms. The molecule has 2 rings (SSSR count). The number of aryl methyl sites for hydroxylation is 2. The van der Waals surface area contributed by atoms with Gasteiger partial charge in [0.15, 0.2) is 0 Å². The van der Waals surface area contributed by atoms with Gasteiger partial charge in [0, 0.05) is 23.9 Å². The second kappa shape index (κ2) is 4.25. The largest absolute Gasteiger partial charge is 0.342 e. The monoisotopic (exact) mass is 287 g/mol. The number of halogens is 1. The lowest BCUT2D eigenvalue weighted by molar-refractivity contribution is 0.103. The van der Waals surface area contributed by atoms with Crippen LogP contribution < -0.4 is 0 Å². The van der Waals surface area contributed by atoms with Crippen LogP contribution in [0.5, 0.6) is 0 Å². The van der Waals surface area contributed by atoms with Crippen LogP contribution in [0.1, 0.15) is 21.7 Å². The number of rotatable bonds is 3. The summed E-state index contributed by atoms with van der Waals surface area (Å²) in [6, 6.07) is 2.63. The molecule has 0 aliphatic rings. The lowest BCUT2D eigenvalue weighted by atomic mass is 10.1. The predicted octanol–water partition coefficient (Wildman–Crippen LogP) is 1.22. The maximum Gasteiger partial charge on any atom is 0.276 e. The molecule has 2 aromatic rings. The van der Waals surface area contributed by atoms with Gasteiger partial charge in [-0.25, -0.2) is 8.42 Å². The van der Waals surface area contributed by atoms with Gasteiger partial charge in [-0.15, -0.1) is 0 Å². The molecule has 0 bridgehead atoms. The molecular weight excluding hydrogens is 278 g/mol. The Kier molecular flexibility index (Phi) is 3.04. The van der Waals surface area contributed by atoms with E-state index in [1.54, 1.807) is 20.2 Å². The maximum atomic E-state index is 12.1. The molecule has 0 radical (unpaired) electrons. The zero-order valence-electron chi connectivity index (χ0n) is 9.64. The van der Waals surface area contributed by atoms with E-state index < -0.39 is 9.05 Å². The molecule has 0 unspecified atom stereocenters. The van der Waals surface area contributed by atoms with Gasteiger partial charge in [-0.1, -0.05) is 0 Å². The number of carbonyl (C=O) groups excluding carboxylic acids is 1. The number of nitrogens with one attached hydrogen (secondary N) is 1. The van der Waals surface area contributed by atoms with Crippen LogP contribution in [0.25, 0.3) is 0 Å². The zero-order valence-corrected chi connectivity index (χ0v) is 11.2. The van der Waals surface area contributed by atoms with Gasteiger partial charge in [0.2, 0.25) is 5.78 Å². The molecule has 0 atom stereocenters. The van der Waals surface area contributed by atoms with Crippen LogP contribution >= 0.6 is 10.7 Å². The third-order valence-electron chi connectivity index (χ3n) is 2.42. The Balaban J connectivity index is 2.41. The van der Waals surface area contributed by atoms with Crippen molar-refractivity contribution in [2.45, 2.75) is 11.9 Å². The summed E-state index contributed by atoms with van der Waals surface area (Å²) < 4.78 is 23.7. The predicted molar refractivity (Wildman–Crippen MR) is 65.2 cm³/mol.